The van der Waals surface area contributed by atoms with Crippen LogP contribution in [0.25, 0.3) is 0 Å². The molecule has 1 aliphatic heterocycles. The molecule has 0 aromatic carbocycles. The van der Waals surface area contributed by atoms with Crippen molar-refractivity contribution in [2.24, 2.45) is 5.92 Å². The van der Waals surface area contributed by atoms with E-state index in [9.17, 15) is 9.59 Å². The highest BCUT2D eigenvalue weighted by Crippen LogP contribution is 2.16. The van der Waals surface area contributed by atoms with Crippen molar-refractivity contribution in [3.8, 4) is 0 Å². The van der Waals surface area contributed by atoms with Gasteiger partial charge in [-0.15, -0.1) is 0 Å². The molecule has 5 nitrogen and oxygen atoms in total. The van der Waals surface area contributed by atoms with E-state index in [0.29, 0.717) is 19.0 Å². The first-order valence-electron chi connectivity index (χ1n) is 6.76. The normalized spacial score (nSPS) is 18.3. The Bertz CT molecular complexity index is 288. The minimum absolute atomic E-state index is 0.0650. The Hall–Kier alpha value is -1.10. The van der Waals surface area contributed by atoms with E-state index in [2.05, 4.69) is 5.32 Å². The summed E-state index contributed by atoms with van der Waals surface area (Å²) in [5, 5.41) is 12.0. The Morgan fingerprint density at radius 1 is 1.33 bits per heavy atom. The molecular formula is C13H24N2O3. The van der Waals surface area contributed by atoms with E-state index in [1.54, 1.807) is 0 Å². The van der Waals surface area contributed by atoms with Gasteiger partial charge < -0.3 is 15.3 Å². The fourth-order valence-corrected chi connectivity index (χ4v) is 2.54. The number of aliphatic carboxylic acids is 1. The SMILES string of the molecule is CCN(C(=O)CC(C)CC(=O)O)C1CCNCC1. The van der Waals surface area contributed by atoms with Gasteiger partial charge in [0.2, 0.25) is 5.91 Å². The van der Waals surface area contributed by atoms with Crippen molar-refractivity contribution in [3.05, 3.63) is 0 Å². The molecule has 1 heterocycles. The number of nitrogens with zero attached hydrogens (tertiary/aromatic N) is 1. The van der Waals surface area contributed by atoms with E-state index in [0.717, 1.165) is 25.9 Å². The van der Waals surface area contributed by atoms with Gasteiger partial charge in [-0.1, -0.05) is 6.92 Å². The standard InChI is InChI=1S/C13H24N2O3/c1-3-15(11-4-6-14-7-5-11)12(16)8-10(2)9-13(17)18/h10-11,14H,3-9H2,1-2H3,(H,17,18). The minimum atomic E-state index is -0.833. The van der Waals surface area contributed by atoms with Crippen LogP contribution in [0.5, 0.6) is 0 Å². The molecule has 0 saturated carbocycles. The fraction of sp³-hybridized carbons (Fsp3) is 0.846. The van der Waals surface area contributed by atoms with Gasteiger partial charge in [-0.2, -0.15) is 0 Å². The van der Waals surface area contributed by atoms with Gasteiger partial charge in [0.25, 0.3) is 0 Å². The third kappa shape index (κ3) is 4.64. The van der Waals surface area contributed by atoms with Crippen LogP contribution < -0.4 is 5.32 Å². The molecule has 1 saturated heterocycles. The van der Waals surface area contributed by atoms with Crippen molar-refractivity contribution in [2.45, 2.75) is 45.6 Å². The lowest BCUT2D eigenvalue weighted by Gasteiger charge is -2.34. The third-order valence-corrected chi connectivity index (χ3v) is 3.46. The van der Waals surface area contributed by atoms with Crippen LogP contribution in [-0.4, -0.2) is 47.6 Å². The molecule has 0 radical (unpaired) electrons. The number of hydrogen-bond acceptors (Lipinski definition) is 3. The van der Waals surface area contributed by atoms with Crippen molar-refractivity contribution in [1.82, 2.24) is 10.2 Å². The second-order valence-electron chi connectivity index (χ2n) is 5.07. The summed E-state index contributed by atoms with van der Waals surface area (Å²) in [4.78, 5) is 24.7. The van der Waals surface area contributed by atoms with Gasteiger partial charge in [-0.25, -0.2) is 0 Å². The van der Waals surface area contributed by atoms with Crippen LogP contribution in [0, 0.1) is 5.92 Å². The molecule has 1 unspecified atom stereocenters. The average molecular weight is 256 g/mol. The number of carboxylic acids is 1. The molecule has 1 fully saturated rings. The van der Waals surface area contributed by atoms with Gasteiger partial charge in [0.05, 0.1) is 0 Å². The van der Waals surface area contributed by atoms with Crippen molar-refractivity contribution in [2.75, 3.05) is 19.6 Å². The molecule has 18 heavy (non-hydrogen) atoms. The van der Waals surface area contributed by atoms with E-state index >= 15 is 0 Å². The van der Waals surface area contributed by atoms with Crippen LogP contribution in [0.4, 0.5) is 0 Å². The first-order valence-corrected chi connectivity index (χ1v) is 6.76. The smallest absolute Gasteiger partial charge is 0.303 e. The quantitative estimate of drug-likeness (QED) is 0.746. The molecule has 5 heteroatoms. The zero-order valence-electron chi connectivity index (χ0n) is 11.3. The number of carboxylic acid groups (broad SMARTS) is 1. The van der Waals surface area contributed by atoms with Crippen LogP contribution in [0.2, 0.25) is 0 Å². The Morgan fingerprint density at radius 2 is 1.94 bits per heavy atom. The van der Waals surface area contributed by atoms with Gasteiger partial charge in [-0.05, 0) is 38.8 Å². The molecule has 104 valence electrons. The maximum atomic E-state index is 12.2. The Balaban J connectivity index is 2.48. The number of rotatable bonds is 6. The Labute approximate surface area is 109 Å². The van der Waals surface area contributed by atoms with Crippen molar-refractivity contribution in [3.63, 3.8) is 0 Å². The minimum Gasteiger partial charge on any atom is -0.481 e. The van der Waals surface area contributed by atoms with Gasteiger partial charge >= 0.3 is 5.97 Å². The monoisotopic (exact) mass is 256 g/mol. The number of nitrogens with one attached hydrogen (secondary N) is 1. The summed E-state index contributed by atoms with van der Waals surface area (Å²) in [6.07, 6.45) is 2.39. The summed E-state index contributed by atoms with van der Waals surface area (Å²) in [6.45, 7) is 6.44. The summed E-state index contributed by atoms with van der Waals surface area (Å²) in [7, 11) is 0. The highest BCUT2D eigenvalue weighted by Gasteiger charge is 2.25. The maximum Gasteiger partial charge on any atom is 0.303 e. The first kappa shape index (κ1) is 15.0. The molecule has 0 bridgehead atoms. The van der Waals surface area contributed by atoms with Crippen LogP contribution in [0.15, 0.2) is 0 Å². The molecule has 1 atom stereocenters. The number of hydrogen-bond donors (Lipinski definition) is 2. The second kappa shape index (κ2) is 7.36. The molecule has 0 spiro atoms. The molecule has 0 aromatic heterocycles. The van der Waals surface area contributed by atoms with Crippen molar-refractivity contribution >= 4 is 11.9 Å². The van der Waals surface area contributed by atoms with Crippen LogP contribution in [-0.2, 0) is 9.59 Å². The largest absolute Gasteiger partial charge is 0.481 e. The Kier molecular flexibility index (Phi) is 6.12. The second-order valence-corrected chi connectivity index (χ2v) is 5.07. The van der Waals surface area contributed by atoms with E-state index in [4.69, 9.17) is 5.11 Å². The predicted octanol–water partition coefficient (Wildman–Crippen LogP) is 1.09. The van der Waals surface area contributed by atoms with Crippen LogP contribution in [0.3, 0.4) is 0 Å². The number of carbonyl (C=O) groups excluding carboxylic acids is 1. The molecule has 1 aliphatic rings. The van der Waals surface area contributed by atoms with E-state index in [1.165, 1.54) is 0 Å². The van der Waals surface area contributed by atoms with Crippen molar-refractivity contribution < 1.29 is 14.7 Å². The molecular weight excluding hydrogens is 232 g/mol. The summed E-state index contributed by atoms with van der Waals surface area (Å²) in [5.41, 5.74) is 0. The van der Waals surface area contributed by atoms with Crippen LogP contribution in [0.1, 0.15) is 39.5 Å². The number of amides is 1. The lowest BCUT2D eigenvalue weighted by molar-refractivity contribution is -0.139. The molecule has 2 N–H and O–H groups in total. The van der Waals surface area contributed by atoms with Gasteiger partial charge in [-0.3, -0.25) is 9.59 Å². The molecule has 1 rings (SSSR count). The topological polar surface area (TPSA) is 69.6 Å². The lowest BCUT2D eigenvalue weighted by atomic mass is 10.00. The predicted molar refractivity (Wildman–Crippen MR) is 69.3 cm³/mol. The van der Waals surface area contributed by atoms with Gasteiger partial charge in [0.1, 0.15) is 0 Å². The molecule has 0 aliphatic carbocycles. The zero-order valence-corrected chi connectivity index (χ0v) is 11.3. The Morgan fingerprint density at radius 3 is 2.44 bits per heavy atom. The van der Waals surface area contributed by atoms with Gasteiger partial charge in [0.15, 0.2) is 0 Å². The van der Waals surface area contributed by atoms with E-state index in [-0.39, 0.29) is 18.2 Å². The number of piperidine rings is 1. The molecule has 0 aromatic rings. The highest BCUT2D eigenvalue weighted by molar-refractivity contribution is 5.77. The average Bonchev–Trinajstić information content (AvgIpc) is 2.29. The lowest BCUT2D eigenvalue weighted by Crippen LogP contribution is -2.46. The first-order chi connectivity index (χ1) is 8.54. The van der Waals surface area contributed by atoms with Crippen LogP contribution >= 0.6 is 0 Å². The van der Waals surface area contributed by atoms with Gasteiger partial charge in [0, 0.05) is 25.4 Å². The molecule has 1 amide bonds. The summed E-state index contributed by atoms with van der Waals surface area (Å²) >= 11 is 0. The van der Waals surface area contributed by atoms with E-state index < -0.39 is 5.97 Å². The van der Waals surface area contributed by atoms with Crippen molar-refractivity contribution in [1.29, 1.82) is 0 Å². The summed E-state index contributed by atoms with van der Waals surface area (Å²) in [6, 6.07) is 0.320. The third-order valence-electron chi connectivity index (χ3n) is 3.46. The number of carbonyl (C=O) groups is 2. The maximum absolute atomic E-state index is 12.2. The fourth-order valence-electron chi connectivity index (χ4n) is 2.54. The van der Waals surface area contributed by atoms with E-state index in [1.807, 2.05) is 18.7 Å². The highest BCUT2D eigenvalue weighted by atomic mass is 16.4. The zero-order chi connectivity index (χ0) is 13.5. The summed E-state index contributed by atoms with van der Waals surface area (Å²) < 4.78 is 0. The summed E-state index contributed by atoms with van der Waals surface area (Å²) in [5.74, 6) is -0.830.